The topological polar surface area (TPSA) is 151 Å². The van der Waals surface area contributed by atoms with E-state index in [0.717, 1.165) is 18.2 Å². The fourth-order valence-electron chi connectivity index (χ4n) is 2.07. The minimum absolute atomic E-state index is 0.0444. The maximum atomic E-state index is 11.1. The van der Waals surface area contributed by atoms with Crippen molar-refractivity contribution in [2.24, 2.45) is 4.99 Å². The highest BCUT2D eigenvalue weighted by Crippen LogP contribution is 2.25. The van der Waals surface area contributed by atoms with Crippen LogP contribution in [0.1, 0.15) is 19.4 Å². The third-order valence-corrected chi connectivity index (χ3v) is 3.21. The van der Waals surface area contributed by atoms with Gasteiger partial charge in [0.1, 0.15) is 5.75 Å². The summed E-state index contributed by atoms with van der Waals surface area (Å²) in [5.74, 6) is 0.111. The standard InChI is InChI=1S/C16H14N4O7/c1-10(2)17-16(27-15-5-3-12(4-6-15)18(21)22)11-7-13(19(23)24)9-14(8-11)20(25)26/h3-10H,1-2H3. The molecule has 0 heterocycles. The zero-order valence-electron chi connectivity index (χ0n) is 14.3. The lowest BCUT2D eigenvalue weighted by molar-refractivity contribution is -0.394. The number of hydrogen-bond donors (Lipinski definition) is 0. The molecular weight excluding hydrogens is 360 g/mol. The molecule has 27 heavy (non-hydrogen) atoms. The fraction of sp³-hybridized carbons (Fsp3) is 0.188. The number of non-ortho nitro benzene ring substituents is 3. The fourth-order valence-corrected chi connectivity index (χ4v) is 2.07. The Morgan fingerprint density at radius 3 is 1.74 bits per heavy atom. The summed E-state index contributed by atoms with van der Waals surface area (Å²) in [5, 5.41) is 32.9. The average Bonchev–Trinajstić information content (AvgIpc) is 2.60. The first kappa shape index (κ1) is 19.4. The van der Waals surface area contributed by atoms with Crippen LogP contribution in [0.15, 0.2) is 47.5 Å². The van der Waals surface area contributed by atoms with Crippen LogP contribution in [0, 0.1) is 30.3 Å². The van der Waals surface area contributed by atoms with E-state index in [0.29, 0.717) is 0 Å². The van der Waals surface area contributed by atoms with Crippen molar-refractivity contribution in [3.8, 4) is 5.75 Å². The van der Waals surface area contributed by atoms with E-state index >= 15 is 0 Å². The maximum absolute atomic E-state index is 11.1. The Kier molecular flexibility index (Phi) is 5.75. The quantitative estimate of drug-likeness (QED) is 0.324. The third-order valence-electron chi connectivity index (χ3n) is 3.21. The van der Waals surface area contributed by atoms with Crippen LogP contribution in [0.2, 0.25) is 0 Å². The molecule has 0 N–H and O–H groups in total. The molecular formula is C16H14N4O7. The Bertz CT molecular complexity index is 891. The highest BCUT2D eigenvalue weighted by Gasteiger charge is 2.20. The van der Waals surface area contributed by atoms with Crippen LogP contribution in [0.5, 0.6) is 5.75 Å². The van der Waals surface area contributed by atoms with Gasteiger partial charge in [-0.25, -0.2) is 4.99 Å². The van der Waals surface area contributed by atoms with Crippen LogP contribution in [0.25, 0.3) is 0 Å². The second kappa shape index (κ2) is 7.99. The SMILES string of the molecule is CC(C)N=C(Oc1ccc([N+](=O)[O-])cc1)c1cc([N+](=O)[O-])cc([N+](=O)[O-])c1. The molecule has 2 aromatic rings. The summed E-state index contributed by atoms with van der Waals surface area (Å²) in [4.78, 5) is 35.0. The van der Waals surface area contributed by atoms with Crippen LogP contribution in [-0.2, 0) is 0 Å². The molecule has 0 saturated carbocycles. The Balaban J connectivity index is 2.49. The molecule has 11 heteroatoms. The molecule has 2 aromatic carbocycles. The lowest BCUT2D eigenvalue weighted by Crippen LogP contribution is -2.14. The van der Waals surface area contributed by atoms with Crippen molar-refractivity contribution >= 4 is 23.0 Å². The Hall–Kier alpha value is -3.89. The van der Waals surface area contributed by atoms with Crippen molar-refractivity contribution in [1.82, 2.24) is 0 Å². The van der Waals surface area contributed by atoms with Crippen molar-refractivity contribution in [3.05, 3.63) is 78.4 Å². The first-order valence-electron chi connectivity index (χ1n) is 7.61. The zero-order chi connectivity index (χ0) is 20.1. The van der Waals surface area contributed by atoms with E-state index in [-0.39, 0.29) is 28.9 Å². The lowest BCUT2D eigenvalue weighted by atomic mass is 10.1. The predicted octanol–water partition coefficient (Wildman–Crippen LogP) is 3.65. The molecule has 2 rings (SSSR count). The number of aliphatic imine (C=N–C) groups is 1. The molecule has 0 unspecified atom stereocenters. The number of nitro groups is 3. The molecule has 0 aliphatic carbocycles. The van der Waals surface area contributed by atoms with Gasteiger partial charge in [0.05, 0.1) is 26.4 Å². The number of nitrogens with zero attached hydrogens (tertiary/aromatic N) is 4. The monoisotopic (exact) mass is 374 g/mol. The van der Waals surface area contributed by atoms with Gasteiger partial charge in [0.25, 0.3) is 17.1 Å². The number of rotatable bonds is 6. The molecule has 140 valence electrons. The number of benzene rings is 2. The highest BCUT2D eigenvalue weighted by atomic mass is 16.6. The molecule has 0 aromatic heterocycles. The van der Waals surface area contributed by atoms with Gasteiger partial charge in [-0.15, -0.1) is 0 Å². The molecule has 0 aliphatic rings. The van der Waals surface area contributed by atoms with Gasteiger partial charge >= 0.3 is 0 Å². The van der Waals surface area contributed by atoms with Gasteiger partial charge in [-0.1, -0.05) is 0 Å². The molecule has 0 saturated heterocycles. The summed E-state index contributed by atoms with van der Waals surface area (Å²) in [5.41, 5.74) is -1.07. The minimum atomic E-state index is -0.755. The third kappa shape index (κ3) is 5.04. The first-order chi connectivity index (χ1) is 12.7. The molecule has 0 spiro atoms. The number of nitro benzene ring substituents is 3. The largest absolute Gasteiger partial charge is 0.439 e. The van der Waals surface area contributed by atoms with E-state index in [1.54, 1.807) is 13.8 Å². The second-order valence-electron chi connectivity index (χ2n) is 5.63. The van der Waals surface area contributed by atoms with E-state index < -0.39 is 26.1 Å². The van der Waals surface area contributed by atoms with Gasteiger partial charge in [-0.2, -0.15) is 0 Å². The van der Waals surface area contributed by atoms with Crippen molar-refractivity contribution < 1.29 is 19.5 Å². The van der Waals surface area contributed by atoms with Gasteiger partial charge in [-0.05, 0) is 26.0 Å². The van der Waals surface area contributed by atoms with Crippen LogP contribution in [0.4, 0.5) is 17.1 Å². The van der Waals surface area contributed by atoms with E-state index in [4.69, 9.17) is 4.74 Å². The highest BCUT2D eigenvalue weighted by molar-refractivity contribution is 5.97. The zero-order valence-corrected chi connectivity index (χ0v) is 14.3. The van der Waals surface area contributed by atoms with E-state index in [9.17, 15) is 30.3 Å². The van der Waals surface area contributed by atoms with Crippen molar-refractivity contribution in [2.45, 2.75) is 19.9 Å². The normalized spacial score (nSPS) is 11.3. The average molecular weight is 374 g/mol. The number of ether oxygens (including phenoxy) is 1. The second-order valence-corrected chi connectivity index (χ2v) is 5.63. The summed E-state index contributed by atoms with van der Waals surface area (Å²) in [6, 6.07) is 7.88. The maximum Gasteiger partial charge on any atom is 0.277 e. The van der Waals surface area contributed by atoms with Crippen molar-refractivity contribution in [3.63, 3.8) is 0 Å². The summed E-state index contributed by atoms with van der Waals surface area (Å²) >= 11 is 0. The Labute approximate surface area is 152 Å². The van der Waals surface area contributed by atoms with E-state index in [1.165, 1.54) is 24.3 Å². The van der Waals surface area contributed by atoms with Gasteiger partial charge in [0.15, 0.2) is 0 Å². The van der Waals surface area contributed by atoms with Gasteiger partial charge in [0.2, 0.25) is 5.90 Å². The van der Waals surface area contributed by atoms with Crippen LogP contribution in [0.3, 0.4) is 0 Å². The summed E-state index contributed by atoms with van der Waals surface area (Å²) in [7, 11) is 0. The van der Waals surface area contributed by atoms with Gasteiger partial charge in [-0.3, -0.25) is 30.3 Å². The molecule has 0 aliphatic heterocycles. The molecule has 0 atom stereocenters. The first-order valence-corrected chi connectivity index (χ1v) is 7.61. The smallest absolute Gasteiger partial charge is 0.277 e. The van der Waals surface area contributed by atoms with Crippen LogP contribution < -0.4 is 4.74 Å². The molecule has 0 radical (unpaired) electrons. The molecule has 11 nitrogen and oxygen atoms in total. The van der Waals surface area contributed by atoms with Gasteiger partial charge < -0.3 is 4.74 Å². The number of hydrogen-bond acceptors (Lipinski definition) is 8. The summed E-state index contributed by atoms with van der Waals surface area (Å²) in [6.07, 6.45) is 0. The Morgan fingerprint density at radius 1 is 0.852 bits per heavy atom. The van der Waals surface area contributed by atoms with Crippen molar-refractivity contribution in [2.75, 3.05) is 0 Å². The van der Waals surface area contributed by atoms with Crippen LogP contribution >= 0.6 is 0 Å². The van der Waals surface area contributed by atoms with Crippen molar-refractivity contribution in [1.29, 1.82) is 0 Å². The van der Waals surface area contributed by atoms with E-state index in [2.05, 4.69) is 4.99 Å². The summed E-state index contributed by atoms with van der Waals surface area (Å²) in [6.45, 7) is 3.45. The van der Waals surface area contributed by atoms with E-state index in [1.807, 2.05) is 0 Å². The molecule has 0 fully saturated rings. The minimum Gasteiger partial charge on any atom is -0.439 e. The van der Waals surface area contributed by atoms with Gasteiger partial charge in [0, 0.05) is 30.3 Å². The molecule has 0 bridgehead atoms. The van der Waals surface area contributed by atoms with Crippen LogP contribution in [-0.4, -0.2) is 26.7 Å². The summed E-state index contributed by atoms with van der Waals surface area (Å²) < 4.78 is 5.60. The Morgan fingerprint density at radius 2 is 1.33 bits per heavy atom. The molecule has 0 amide bonds. The predicted molar refractivity (Wildman–Crippen MR) is 95.1 cm³/mol. The lowest BCUT2D eigenvalue weighted by Gasteiger charge is -2.11.